The van der Waals surface area contributed by atoms with E-state index in [0.717, 1.165) is 33.4 Å². The zero-order chi connectivity index (χ0) is 20.2. The molecule has 29 heavy (non-hydrogen) atoms. The van der Waals surface area contributed by atoms with Gasteiger partial charge in [-0.25, -0.2) is 0 Å². The number of ether oxygens (including phenoxy) is 2. The van der Waals surface area contributed by atoms with E-state index < -0.39 is 5.92 Å². The standard InChI is InChI=1S/C26H22O3/c1-28-23-11-5-9-20(16-23)25(21-10-6-12-24(17-21)29-2)26(27)22-14-13-18-7-3-4-8-19(18)15-22/h3-17,25H,1-2H3. The second-order valence-electron chi connectivity index (χ2n) is 6.91. The molecule has 0 fully saturated rings. The molecule has 4 aromatic carbocycles. The number of hydrogen-bond acceptors (Lipinski definition) is 3. The first kappa shape index (κ1) is 18.8. The van der Waals surface area contributed by atoms with E-state index >= 15 is 0 Å². The summed E-state index contributed by atoms with van der Waals surface area (Å²) in [7, 11) is 3.26. The summed E-state index contributed by atoms with van der Waals surface area (Å²) in [5, 5.41) is 2.16. The van der Waals surface area contributed by atoms with Crippen molar-refractivity contribution in [1.29, 1.82) is 0 Å². The molecular formula is C26H22O3. The van der Waals surface area contributed by atoms with Crippen molar-refractivity contribution in [3.63, 3.8) is 0 Å². The molecule has 4 rings (SSSR count). The summed E-state index contributed by atoms with van der Waals surface area (Å²) in [6.07, 6.45) is 0. The van der Waals surface area contributed by atoms with Crippen LogP contribution in [0, 0.1) is 0 Å². The van der Waals surface area contributed by atoms with Gasteiger partial charge in [0.1, 0.15) is 11.5 Å². The first-order valence-electron chi connectivity index (χ1n) is 9.50. The first-order chi connectivity index (χ1) is 14.2. The Morgan fingerprint density at radius 3 is 1.83 bits per heavy atom. The maximum absolute atomic E-state index is 13.7. The first-order valence-corrected chi connectivity index (χ1v) is 9.50. The van der Waals surface area contributed by atoms with Crippen molar-refractivity contribution < 1.29 is 14.3 Å². The second kappa shape index (κ2) is 8.19. The van der Waals surface area contributed by atoms with Gasteiger partial charge in [0.25, 0.3) is 0 Å². The molecule has 0 unspecified atom stereocenters. The summed E-state index contributed by atoms with van der Waals surface area (Å²) in [4.78, 5) is 13.7. The molecular weight excluding hydrogens is 360 g/mol. The summed E-state index contributed by atoms with van der Waals surface area (Å²) in [6.45, 7) is 0. The molecule has 3 heteroatoms. The van der Waals surface area contributed by atoms with Crippen LogP contribution in [0.3, 0.4) is 0 Å². The highest BCUT2D eigenvalue weighted by atomic mass is 16.5. The van der Waals surface area contributed by atoms with Gasteiger partial charge in [-0.1, -0.05) is 60.7 Å². The van der Waals surface area contributed by atoms with Gasteiger partial charge in [-0.2, -0.15) is 0 Å². The normalized spacial score (nSPS) is 10.9. The lowest BCUT2D eigenvalue weighted by molar-refractivity contribution is 0.0974. The molecule has 0 atom stereocenters. The summed E-state index contributed by atoms with van der Waals surface area (Å²) in [5.74, 6) is 1.03. The Morgan fingerprint density at radius 2 is 1.24 bits per heavy atom. The lowest BCUT2D eigenvalue weighted by atomic mass is 9.84. The van der Waals surface area contributed by atoms with Crippen molar-refractivity contribution in [3.8, 4) is 11.5 Å². The van der Waals surface area contributed by atoms with Gasteiger partial charge in [-0.05, 0) is 52.2 Å². The number of carbonyl (C=O) groups is 1. The summed E-state index contributed by atoms with van der Waals surface area (Å²) < 4.78 is 10.8. The fourth-order valence-corrected chi connectivity index (χ4v) is 3.65. The Bertz CT molecular complexity index is 1120. The number of methoxy groups -OCH3 is 2. The summed E-state index contributed by atoms with van der Waals surface area (Å²) >= 11 is 0. The van der Waals surface area contributed by atoms with Crippen LogP contribution in [0.15, 0.2) is 91.0 Å². The Labute approximate surface area is 170 Å². The van der Waals surface area contributed by atoms with E-state index in [1.807, 2.05) is 91.0 Å². The fraction of sp³-hybridized carbons (Fsp3) is 0.115. The molecule has 0 aliphatic carbocycles. The lowest BCUT2D eigenvalue weighted by Crippen LogP contribution is -2.15. The molecule has 0 amide bonds. The number of Topliss-reactive ketones (excluding diaryl/α,β-unsaturated/α-hetero) is 1. The van der Waals surface area contributed by atoms with E-state index in [1.54, 1.807) is 14.2 Å². The molecule has 0 bridgehead atoms. The minimum atomic E-state index is -0.457. The van der Waals surface area contributed by atoms with Crippen LogP contribution < -0.4 is 9.47 Å². The highest BCUT2D eigenvalue weighted by Gasteiger charge is 2.25. The number of fused-ring (bicyclic) bond motifs is 1. The SMILES string of the molecule is COc1cccc(C(C(=O)c2ccc3ccccc3c2)c2cccc(OC)c2)c1. The van der Waals surface area contributed by atoms with Crippen molar-refractivity contribution in [1.82, 2.24) is 0 Å². The van der Waals surface area contributed by atoms with Crippen molar-refractivity contribution >= 4 is 16.6 Å². The van der Waals surface area contributed by atoms with E-state index in [-0.39, 0.29) is 5.78 Å². The highest BCUT2D eigenvalue weighted by molar-refractivity contribution is 6.05. The van der Waals surface area contributed by atoms with Crippen molar-refractivity contribution in [2.45, 2.75) is 5.92 Å². The smallest absolute Gasteiger partial charge is 0.174 e. The zero-order valence-electron chi connectivity index (χ0n) is 16.5. The number of hydrogen-bond donors (Lipinski definition) is 0. The number of ketones is 1. The van der Waals surface area contributed by atoms with Gasteiger partial charge >= 0.3 is 0 Å². The monoisotopic (exact) mass is 382 g/mol. The molecule has 0 aromatic heterocycles. The van der Waals surface area contributed by atoms with Crippen LogP contribution in [0.2, 0.25) is 0 Å². The van der Waals surface area contributed by atoms with Crippen LogP contribution in [0.5, 0.6) is 11.5 Å². The van der Waals surface area contributed by atoms with Crippen molar-refractivity contribution in [2.24, 2.45) is 0 Å². The molecule has 0 saturated heterocycles. The highest BCUT2D eigenvalue weighted by Crippen LogP contribution is 2.33. The topological polar surface area (TPSA) is 35.5 Å². The van der Waals surface area contributed by atoms with E-state index in [4.69, 9.17) is 9.47 Å². The van der Waals surface area contributed by atoms with Crippen molar-refractivity contribution in [2.75, 3.05) is 14.2 Å². The molecule has 0 heterocycles. The molecule has 144 valence electrons. The molecule has 0 aliphatic rings. The third-order valence-electron chi connectivity index (χ3n) is 5.15. The third kappa shape index (κ3) is 3.85. The Hall–Kier alpha value is -3.59. The van der Waals surface area contributed by atoms with Gasteiger partial charge in [-0.15, -0.1) is 0 Å². The van der Waals surface area contributed by atoms with Crippen LogP contribution in [-0.4, -0.2) is 20.0 Å². The van der Waals surface area contributed by atoms with Gasteiger partial charge in [0.2, 0.25) is 0 Å². The summed E-state index contributed by atoms with van der Waals surface area (Å²) in [6, 6.07) is 29.3. The average Bonchev–Trinajstić information content (AvgIpc) is 2.79. The van der Waals surface area contributed by atoms with Crippen LogP contribution in [0.25, 0.3) is 10.8 Å². The van der Waals surface area contributed by atoms with E-state index in [9.17, 15) is 4.79 Å². The van der Waals surface area contributed by atoms with E-state index in [0.29, 0.717) is 5.56 Å². The fourth-order valence-electron chi connectivity index (χ4n) is 3.65. The van der Waals surface area contributed by atoms with Crippen LogP contribution >= 0.6 is 0 Å². The predicted molar refractivity (Wildman–Crippen MR) is 116 cm³/mol. The Morgan fingerprint density at radius 1 is 0.655 bits per heavy atom. The molecule has 0 aliphatic heterocycles. The predicted octanol–water partition coefficient (Wildman–Crippen LogP) is 5.87. The average molecular weight is 382 g/mol. The minimum Gasteiger partial charge on any atom is -0.497 e. The lowest BCUT2D eigenvalue weighted by Gasteiger charge is -2.19. The maximum Gasteiger partial charge on any atom is 0.174 e. The number of carbonyl (C=O) groups excluding carboxylic acids is 1. The van der Waals surface area contributed by atoms with Crippen molar-refractivity contribution in [3.05, 3.63) is 108 Å². The molecule has 4 aromatic rings. The van der Waals surface area contributed by atoms with Gasteiger partial charge in [0.15, 0.2) is 5.78 Å². The molecule has 0 saturated carbocycles. The van der Waals surface area contributed by atoms with Gasteiger partial charge in [-0.3, -0.25) is 4.79 Å². The Kier molecular flexibility index (Phi) is 5.30. The molecule has 0 spiro atoms. The van der Waals surface area contributed by atoms with E-state index in [1.165, 1.54) is 0 Å². The van der Waals surface area contributed by atoms with Crippen LogP contribution in [0.4, 0.5) is 0 Å². The third-order valence-corrected chi connectivity index (χ3v) is 5.15. The Balaban J connectivity index is 1.84. The van der Waals surface area contributed by atoms with E-state index in [2.05, 4.69) is 0 Å². The minimum absolute atomic E-state index is 0.0391. The van der Waals surface area contributed by atoms with Gasteiger partial charge in [0, 0.05) is 5.56 Å². The van der Waals surface area contributed by atoms with Crippen LogP contribution in [-0.2, 0) is 0 Å². The maximum atomic E-state index is 13.7. The molecule has 0 N–H and O–H groups in total. The number of benzene rings is 4. The second-order valence-corrected chi connectivity index (χ2v) is 6.91. The largest absolute Gasteiger partial charge is 0.497 e. The number of rotatable bonds is 6. The molecule has 3 nitrogen and oxygen atoms in total. The van der Waals surface area contributed by atoms with Gasteiger partial charge in [0.05, 0.1) is 20.1 Å². The quantitative estimate of drug-likeness (QED) is 0.391. The van der Waals surface area contributed by atoms with Gasteiger partial charge < -0.3 is 9.47 Å². The summed E-state index contributed by atoms with van der Waals surface area (Å²) in [5.41, 5.74) is 2.45. The zero-order valence-corrected chi connectivity index (χ0v) is 16.5. The molecule has 0 radical (unpaired) electrons. The van der Waals surface area contributed by atoms with Crippen LogP contribution in [0.1, 0.15) is 27.4 Å².